The summed E-state index contributed by atoms with van der Waals surface area (Å²) in [4.78, 5) is 20.2. The predicted octanol–water partition coefficient (Wildman–Crippen LogP) is 4.80. The summed E-state index contributed by atoms with van der Waals surface area (Å²) >= 11 is 0. The van der Waals surface area contributed by atoms with Crippen molar-refractivity contribution in [2.45, 2.75) is 69.6 Å². The van der Waals surface area contributed by atoms with Crippen molar-refractivity contribution in [1.82, 2.24) is 19.8 Å². The maximum Gasteiger partial charge on any atom is 0.220 e. The molecule has 2 aliphatic heterocycles. The smallest absolute Gasteiger partial charge is 0.220 e. The Hall–Kier alpha value is -2.70. The summed E-state index contributed by atoms with van der Waals surface area (Å²) in [5, 5.41) is 3.36. The van der Waals surface area contributed by atoms with Crippen LogP contribution in [0.15, 0.2) is 54.6 Å². The molecule has 184 valence electrons. The molecule has 0 unspecified atom stereocenters. The fourth-order valence-electron chi connectivity index (χ4n) is 6.29. The van der Waals surface area contributed by atoms with Crippen molar-refractivity contribution in [3.05, 3.63) is 66.0 Å². The number of imidazole rings is 1. The number of hydrogen-bond donors (Lipinski definition) is 1. The largest absolute Gasteiger partial charge is 0.378 e. The van der Waals surface area contributed by atoms with E-state index < -0.39 is 0 Å². The number of fused-ring (bicyclic) bond motifs is 3. The molecule has 1 aromatic heterocycles. The molecule has 3 heterocycles. The number of nitrogens with one attached hydrogen (secondary N) is 1. The second kappa shape index (κ2) is 9.75. The number of aromatic nitrogens is 2. The van der Waals surface area contributed by atoms with E-state index in [9.17, 15) is 4.79 Å². The molecule has 2 aromatic carbocycles. The number of rotatable bonds is 8. The molecule has 6 rings (SSSR count). The summed E-state index contributed by atoms with van der Waals surface area (Å²) in [6, 6.07) is 20.2. The Labute approximate surface area is 207 Å². The molecule has 2 bridgehead atoms. The summed E-state index contributed by atoms with van der Waals surface area (Å²) in [6.45, 7) is 4.66. The second-order valence-corrected chi connectivity index (χ2v) is 10.7. The van der Waals surface area contributed by atoms with Gasteiger partial charge in [-0.3, -0.25) is 9.69 Å². The molecular formula is C29H36N4O2. The van der Waals surface area contributed by atoms with Crippen LogP contribution in [-0.4, -0.2) is 52.2 Å². The number of aryl methyl sites for hydroxylation is 1. The SMILES string of the molecule is Cc1nc2ccccc2n1[C@@H]1C[C@H]2COC[C@@H](C1)N2CC[C@H](NC(=O)CC1CC1)c1ccccc1. The zero-order valence-electron chi connectivity index (χ0n) is 20.6. The van der Waals surface area contributed by atoms with E-state index in [1.807, 2.05) is 6.07 Å². The Morgan fingerprint density at radius 3 is 2.49 bits per heavy atom. The topological polar surface area (TPSA) is 59.4 Å². The van der Waals surface area contributed by atoms with Gasteiger partial charge < -0.3 is 14.6 Å². The van der Waals surface area contributed by atoms with E-state index in [0.29, 0.717) is 30.5 Å². The first-order valence-corrected chi connectivity index (χ1v) is 13.3. The Morgan fingerprint density at radius 1 is 1.03 bits per heavy atom. The third-order valence-electron chi connectivity index (χ3n) is 8.17. The van der Waals surface area contributed by atoms with E-state index >= 15 is 0 Å². The van der Waals surface area contributed by atoms with Gasteiger partial charge in [0.15, 0.2) is 0 Å². The van der Waals surface area contributed by atoms with Gasteiger partial charge in [0.25, 0.3) is 0 Å². The van der Waals surface area contributed by atoms with Gasteiger partial charge in [-0.05, 0) is 62.6 Å². The van der Waals surface area contributed by atoms with E-state index in [2.05, 4.69) is 70.2 Å². The van der Waals surface area contributed by atoms with Crippen LogP contribution in [0.2, 0.25) is 0 Å². The quantitative estimate of drug-likeness (QED) is 0.512. The molecule has 3 aliphatic rings. The number of para-hydroxylation sites is 2. The van der Waals surface area contributed by atoms with Gasteiger partial charge in [-0.2, -0.15) is 0 Å². The Bertz CT molecular complexity index is 1160. The number of nitrogens with zero attached hydrogens (tertiary/aromatic N) is 3. The van der Waals surface area contributed by atoms with Crippen LogP contribution in [0.5, 0.6) is 0 Å². The van der Waals surface area contributed by atoms with Gasteiger partial charge in [0.2, 0.25) is 5.91 Å². The highest BCUT2D eigenvalue weighted by molar-refractivity contribution is 5.77. The lowest BCUT2D eigenvalue weighted by Crippen LogP contribution is -2.57. The minimum atomic E-state index is 0.0571. The van der Waals surface area contributed by atoms with Gasteiger partial charge in [-0.25, -0.2) is 4.98 Å². The second-order valence-electron chi connectivity index (χ2n) is 10.7. The Kier molecular flexibility index (Phi) is 6.33. The van der Waals surface area contributed by atoms with Crippen molar-refractivity contribution < 1.29 is 9.53 Å². The number of piperidine rings is 1. The Morgan fingerprint density at radius 2 is 1.74 bits per heavy atom. The maximum absolute atomic E-state index is 12.7. The summed E-state index contributed by atoms with van der Waals surface area (Å²) in [5.74, 6) is 1.90. The molecule has 35 heavy (non-hydrogen) atoms. The molecule has 1 N–H and O–H groups in total. The van der Waals surface area contributed by atoms with Crippen molar-refractivity contribution in [2.75, 3.05) is 19.8 Å². The lowest BCUT2D eigenvalue weighted by atomic mass is 9.89. The van der Waals surface area contributed by atoms with Gasteiger partial charge in [0, 0.05) is 31.1 Å². The van der Waals surface area contributed by atoms with E-state index in [4.69, 9.17) is 9.72 Å². The molecular weight excluding hydrogens is 436 g/mol. The fourth-order valence-corrected chi connectivity index (χ4v) is 6.29. The molecule has 1 amide bonds. The summed E-state index contributed by atoms with van der Waals surface area (Å²) in [6.07, 6.45) is 6.14. The van der Waals surface area contributed by atoms with E-state index in [1.54, 1.807) is 0 Å². The number of morpholine rings is 1. The lowest BCUT2D eigenvalue weighted by molar-refractivity contribution is -0.122. The zero-order valence-corrected chi connectivity index (χ0v) is 20.6. The van der Waals surface area contributed by atoms with Crippen LogP contribution in [0, 0.1) is 12.8 Å². The van der Waals surface area contributed by atoms with Gasteiger partial charge in [0.1, 0.15) is 5.82 Å². The molecule has 6 nitrogen and oxygen atoms in total. The van der Waals surface area contributed by atoms with Crippen LogP contribution in [0.25, 0.3) is 11.0 Å². The highest BCUT2D eigenvalue weighted by atomic mass is 16.5. The minimum absolute atomic E-state index is 0.0571. The van der Waals surface area contributed by atoms with Gasteiger partial charge in [-0.15, -0.1) is 0 Å². The van der Waals surface area contributed by atoms with E-state index in [1.165, 1.54) is 23.9 Å². The number of amides is 1. The zero-order chi connectivity index (χ0) is 23.8. The maximum atomic E-state index is 12.7. The molecule has 1 aliphatic carbocycles. The van der Waals surface area contributed by atoms with Gasteiger partial charge in [-0.1, -0.05) is 42.5 Å². The summed E-state index contributed by atoms with van der Waals surface area (Å²) < 4.78 is 8.48. The molecule has 2 saturated heterocycles. The number of carbonyl (C=O) groups excluding carboxylic acids is 1. The van der Waals surface area contributed by atoms with Crippen LogP contribution in [0.3, 0.4) is 0 Å². The number of benzene rings is 2. The average molecular weight is 473 g/mol. The van der Waals surface area contributed by atoms with Crippen LogP contribution < -0.4 is 5.32 Å². The predicted molar refractivity (Wildman–Crippen MR) is 137 cm³/mol. The highest BCUT2D eigenvalue weighted by Gasteiger charge is 2.40. The van der Waals surface area contributed by atoms with E-state index in [0.717, 1.165) is 50.4 Å². The molecule has 0 radical (unpaired) electrons. The summed E-state index contributed by atoms with van der Waals surface area (Å²) in [5.41, 5.74) is 3.53. The van der Waals surface area contributed by atoms with Crippen molar-refractivity contribution in [3.8, 4) is 0 Å². The average Bonchev–Trinajstić information content (AvgIpc) is 3.60. The highest BCUT2D eigenvalue weighted by Crippen LogP contribution is 2.38. The molecule has 6 heteroatoms. The van der Waals surface area contributed by atoms with Crippen LogP contribution in [0.4, 0.5) is 0 Å². The third kappa shape index (κ3) is 4.87. The fraction of sp³-hybridized carbons (Fsp3) is 0.517. The Balaban J connectivity index is 1.16. The first-order chi connectivity index (χ1) is 17.2. The van der Waals surface area contributed by atoms with Crippen molar-refractivity contribution in [3.63, 3.8) is 0 Å². The standard InChI is InChI=1S/C29H36N4O2/c1-20-30-27-9-5-6-10-28(27)33(20)23-16-24-18-35-19-25(17-23)32(24)14-13-26(22-7-3-2-4-8-22)31-29(34)15-21-11-12-21/h2-10,21,23-26H,11-19H2,1H3,(H,31,34)/t23-,24+,25-,26-/m0/s1. The van der Waals surface area contributed by atoms with Crippen LogP contribution in [-0.2, 0) is 9.53 Å². The van der Waals surface area contributed by atoms with Crippen molar-refractivity contribution in [1.29, 1.82) is 0 Å². The first-order valence-electron chi connectivity index (χ1n) is 13.3. The molecule has 1 saturated carbocycles. The lowest BCUT2D eigenvalue weighted by Gasteiger charge is -2.49. The molecule has 3 fully saturated rings. The molecule has 0 spiro atoms. The van der Waals surface area contributed by atoms with E-state index in [-0.39, 0.29) is 11.9 Å². The van der Waals surface area contributed by atoms with Crippen molar-refractivity contribution >= 4 is 16.9 Å². The van der Waals surface area contributed by atoms with Gasteiger partial charge >= 0.3 is 0 Å². The number of hydrogen-bond acceptors (Lipinski definition) is 4. The van der Waals surface area contributed by atoms with Crippen LogP contribution >= 0.6 is 0 Å². The molecule has 4 atom stereocenters. The monoisotopic (exact) mass is 472 g/mol. The van der Waals surface area contributed by atoms with Crippen LogP contribution in [0.1, 0.15) is 62.0 Å². The third-order valence-corrected chi connectivity index (χ3v) is 8.17. The van der Waals surface area contributed by atoms with Crippen molar-refractivity contribution in [2.24, 2.45) is 5.92 Å². The first kappa shape index (κ1) is 22.7. The molecule has 3 aromatic rings. The minimum Gasteiger partial charge on any atom is -0.378 e. The van der Waals surface area contributed by atoms with Gasteiger partial charge in [0.05, 0.1) is 30.3 Å². The summed E-state index contributed by atoms with van der Waals surface area (Å²) in [7, 11) is 0. The normalized spacial score (nSPS) is 25.5. The number of ether oxygens (including phenoxy) is 1. The number of carbonyl (C=O) groups is 1.